The third-order valence-corrected chi connectivity index (χ3v) is 3.04. The highest BCUT2D eigenvalue weighted by Gasteiger charge is 2.23. The molecule has 0 radical (unpaired) electrons. The van der Waals surface area contributed by atoms with Crippen molar-refractivity contribution in [2.45, 2.75) is 32.7 Å². The van der Waals surface area contributed by atoms with Gasteiger partial charge >= 0.3 is 0 Å². The van der Waals surface area contributed by atoms with Crippen molar-refractivity contribution in [2.75, 3.05) is 35.6 Å². The molecule has 0 aromatic carbocycles. The Morgan fingerprint density at radius 2 is 2.00 bits per heavy atom. The minimum atomic E-state index is -0.0594. The lowest BCUT2D eigenvalue weighted by Crippen LogP contribution is -2.32. The van der Waals surface area contributed by atoms with Crippen LogP contribution in [0, 0.1) is 0 Å². The molecule has 0 spiro atoms. The van der Waals surface area contributed by atoms with E-state index in [4.69, 9.17) is 5.73 Å². The van der Waals surface area contributed by atoms with Gasteiger partial charge in [0.05, 0.1) is 6.54 Å². The predicted octanol–water partition coefficient (Wildman–Crippen LogP) is -0.00950. The van der Waals surface area contributed by atoms with Crippen LogP contribution in [0.15, 0.2) is 0 Å². The van der Waals surface area contributed by atoms with Gasteiger partial charge < -0.3 is 21.3 Å². The molecule has 1 saturated carbocycles. The molecule has 110 valence electrons. The molecule has 1 heterocycles. The number of hydrogen-bond donors (Lipinski definition) is 3. The van der Waals surface area contributed by atoms with Crippen LogP contribution >= 0.6 is 0 Å². The fourth-order valence-corrected chi connectivity index (χ4v) is 1.77. The second-order valence-electron chi connectivity index (χ2n) is 4.68. The number of hydrogen-bond acceptors (Lipinski definition) is 7. The van der Waals surface area contributed by atoms with Gasteiger partial charge in [0.25, 0.3) is 0 Å². The summed E-state index contributed by atoms with van der Waals surface area (Å²) in [6.45, 7) is 5.72. The van der Waals surface area contributed by atoms with Gasteiger partial charge in [-0.25, -0.2) is 0 Å². The molecule has 0 unspecified atom stereocenters. The van der Waals surface area contributed by atoms with Crippen LogP contribution in [0.25, 0.3) is 0 Å². The molecular formula is C12H21N7O. The Morgan fingerprint density at radius 3 is 2.60 bits per heavy atom. The SMILES string of the molecule is CCN(CC)c1nc(N)nc(NCC(=O)NC2CC2)n1. The number of anilines is 3. The first-order valence-electron chi connectivity index (χ1n) is 6.92. The zero-order valence-corrected chi connectivity index (χ0v) is 11.9. The molecular weight excluding hydrogens is 258 g/mol. The fourth-order valence-electron chi connectivity index (χ4n) is 1.77. The number of nitrogen functional groups attached to an aromatic ring is 1. The van der Waals surface area contributed by atoms with Crippen LogP contribution in [0.4, 0.5) is 17.8 Å². The molecule has 8 heteroatoms. The molecule has 2 rings (SSSR count). The summed E-state index contributed by atoms with van der Waals surface area (Å²) in [5.41, 5.74) is 5.67. The van der Waals surface area contributed by atoms with Crippen molar-refractivity contribution >= 4 is 23.8 Å². The highest BCUT2D eigenvalue weighted by atomic mass is 16.2. The van der Waals surface area contributed by atoms with E-state index in [1.165, 1.54) is 0 Å². The van der Waals surface area contributed by atoms with Crippen LogP contribution in [0.2, 0.25) is 0 Å². The van der Waals surface area contributed by atoms with Gasteiger partial charge in [0.1, 0.15) is 0 Å². The predicted molar refractivity (Wildman–Crippen MR) is 77.5 cm³/mol. The lowest BCUT2D eigenvalue weighted by atomic mass is 10.5. The maximum atomic E-state index is 11.6. The summed E-state index contributed by atoms with van der Waals surface area (Å²) >= 11 is 0. The molecule has 4 N–H and O–H groups in total. The average molecular weight is 279 g/mol. The van der Waals surface area contributed by atoms with Crippen LogP contribution in [0.1, 0.15) is 26.7 Å². The van der Waals surface area contributed by atoms with Crippen molar-refractivity contribution in [3.05, 3.63) is 0 Å². The molecule has 0 bridgehead atoms. The molecule has 1 fully saturated rings. The van der Waals surface area contributed by atoms with E-state index in [-0.39, 0.29) is 18.4 Å². The maximum Gasteiger partial charge on any atom is 0.239 e. The molecule has 0 atom stereocenters. The summed E-state index contributed by atoms with van der Waals surface area (Å²) in [4.78, 5) is 25.9. The summed E-state index contributed by atoms with van der Waals surface area (Å²) < 4.78 is 0. The third-order valence-electron chi connectivity index (χ3n) is 3.04. The zero-order valence-electron chi connectivity index (χ0n) is 11.9. The molecule has 20 heavy (non-hydrogen) atoms. The second-order valence-corrected chi connectivity index (χ2v) is 4.68. The topological polar surface area (TPSA) is 109 Å². The Balaban J connectivity index is 1.97. The Bertz CT molecular complexity index is 471. The Kier molecular flexibility index (Phi) is 4.54. The number of carbonyl (C=O) groups is 1. The molecule has 1 aromatic rings. The Hall–Kier alpha value is -2.12. The van der Waals surface area contributed by atoms with Crippen molar-refractivity contribution in [3.8, 4) is 0 Å². The van der Waals surface area contributed by atoms with E-state index < -0.39 is 0 Å². The quantitative estimate of drug-likeness (QED) is 0.644. The highest BCUT2D eigenvalue weighted by Crippen LogP contribution is 2.18. The van der Waals surface area contributed by atoms with Crippen molar-refractivity contribution in [3.63, 3.8) is 0 Å². The van der Waals surface area contributed by atoms with Crippen LogP contribution < -0.4 is 21.3 Å². The van der Waals surface area contributed by atoms with Gasteiger partial charge in [-0.2, -0.15) is 15.0 Å². The van der Waals surface area contributed by atoms with Gasteiger partial charge in [-0.3, -0.25) is 4.79 Å². The Labute approximate surface area is 118 Å². The van der Waals surface area contributed by atoms with E-state index in [2.05, 4.69) is 25.6 Å². The minimum absolute atomic E-state index is 0.0594. The van der Waals surface area contributed by atoms with Crippen LogP contribution in [0.5, 0.6) is 0 Å². The van der Waals surface area contributed by atoms with Gasteiger partial charge in [-0.1, -0.05) is 0 Å². The van der Waals surface area contributed by atoms with Gasteiger partial charge in [0.15, 0.2) is 0 Å². The monoisotopic (exact) mass is 279 g/mol. The highest BCUT2D eigenvalue weighted by molar-refractivity contribution is 5.80. The smallest absolute Gasteiger partial charge is 0.239 e. The molecule has 1 amide bonds. The molecule has 1 aromatic heterocycles. The van der Waals surface area contributed by atoms with Crippen molar-refractivity contribution in [1.29, 1.82) is 0 Å². The summed E-state index contributed by atoms with van der Waals surface area (Å²) in [5.74, 6) is 0.931. The van der Waals surface area contributed by atoms with Crippen LogP contribution in [0.3, 0.4) is 0 Å². The van der Waals surface area contributed by atoms with Crippen LogP contribution in [-0.2, 0) is 4.79 Å². The van der Waals surface area contributed by atoms with Gasteiger partial charge in [0, 0.05) is 19.1 Å². The lowest BCUT2D eigenvalue weighted by molar-refractivity contribution is -0.119. The molecule has 1 aliphatic rings. The maximum absolute atomic E-state index is 11.6. The van der Waals surface area contributed by atoms with Crippen LogP contribution in [-0.4, -0.2) is 46.5 Å². The van der Waals surface area contributed by atoms with Crippen molar-refractivity contribution in [2.24, 2.45) is 0 Å². The number of nitrogens with one attached hydrogen (secondary N) is 2. The standard InChI is InChI=1S/C12H21N7O/c1-3-19(4-2)12-17-10(13)16-11(18-12)14-7-9(20)15-8-5-6-8/h8H,3-7H2,1-2H3,(H,15,20)(H3,13,14,16,17,18). The summed E-state index contributed by atoms with van der Waals surface area (Å²) in [7, 11) is 0. The summed E-state index contributed by atoms with van der Waals surface area (Å²) in [6, 6.07) is 0.346. The number of amides is 1. The molecule has 0 aliphatic heterocycles. The molecule has 1 aliphatic carbocycles. The van der Waals surface area contributed by atoms with E-state index in [9.17, 15) is 4.79 Å². The summed E-state index contributed by atoms with van der Waals surface area (Å²) in [5, 5.41) is 5.77. The number of nitrogens with two attached hydrogens (primary N) is 1. The van der Waals surface area contributed by atoms with E-state index in [0.29, 0.717) is 17.9 Å². The van der Waals surface area contributed by atoms with Crippen molar-refractivity contribution < 1.29 is 4.79 Å². The van der Waals surface area contributed by atoms with Gasteiger partial charge in [0.2, 0.25) is 23.8 Å². The first-order chi connectivity index (χ1) is 9.62. The van der Waals surface area contributed by atoms with E-state index in [1.807, 2.05) is 18.7 Å². The van der Waals surface area contributed by atoms with E-state index in [1.54, 1.807) is 0 Å². The average Bonchev–Trinajstić information content (AvgIpc) is 3.21. The summed E-state index contributed by atoms with van der Waals surface area (Å²) in [6.07, 6.45) is 2.13. The largest absolute Gasteiger partial charge is 0.368 e. The van der Waals surface area contributed by atoms with E-state index >= 15 is 0 Å². The Morgan fingerprint density at radius 1 is 1.30 bits per heavy atom. The number of carbonyl (C=O) groups excluding carboxylic acids is 1. The molecule has 8 nitrogen and oxygen atoms in total. The first-order valence-corrected chi connectivity index (χ1v) is 6.92. The van der Waals surface area contributed by atoms with Crippen molar-refractivity contribution in [1.82, 2.24) is 20.3 Å². The number of nitrogens with zero attached hydrogens (tertiary/aromatic N) is 4. The zero-order chi connectivity index (χ0) is 14.5. The van der Waals surface area contributed by atoms with Gasteiger partial charge in [-0.05, 0) is 26.7 Å². The minimum Gasteiger partial charge on any atom is -0.368 e. The number of rotatable bonds is 7. The number of aromatic nitrogens is 3. The fraction of sp³-hybridized carbons (Fsp3) is 0.667. The second kappa shape index (κ2) is 6.36. The normalized spacial score (nSPS) is 13.9. The first kappa shape index (κ1) is 14.3. The van der Waals surface area contributed by atoms with E-state index in [0.717, 1.165) is 25.9 Å². The lowest BCUT2D eigenvalue weighted by Gasteiger charge is -2.18. The molecule has 0 saturated heterocycles. The third kappa shape index (κ3) is 3.94. The van der Waals surface area contributed by atoms with Gasteiger partial charge in [-0.15, -0.1) is 0 Å².